The fraction of sp³-hybridized carbons (Fsp3) is 0.316. The molecule has 1 aliphatic rings. The van der Waals surface area contributed by atoms with Crippen molar-refractivity contribution in [1.29, 1.82) is 0 Å². The maximum absolute atomic E-state index is 12.6. The van der Waals surface area contributed by atoms with Crippen LogP contribution < -0.4 is 10.2 Å². The van der Waals surface area contributed by atoms with Crippen LogP contribution in [0.25, 0.3) is 5.82 Å². The lowest BCUT2D eigenvalue weighted by molar-refractivity contribution is -0.120. The van der Waals surface area contributed by atoms with Gasteiger partial charge in [-0.3, -0.25) is 4.79 Å². The van der Waals surface area contributed by atoms with Gasteiger partial charge in [0.25, 0.3) is 0 Å². The van der Waals surface area contributed by atoms with Crippen molar-refractivity contribution in [2.24, 2.45) is 5.92 Å². The number of amides is 1. The molecule has 0 unspecified atom stereocenters. The molecule has 1 aromatic carbocycles. The van der Waals surface area contributed by atoms with Gasteiger partial charge in [0.05, 0.1) is 0 Å². The van der Waals surface area contributed by atoms with Crippen molar-refractivity contribution in [3.63, 3.8) is 0 Å². The average molecular weight is 395 g/mol. The summed E-state index contributed by atoms with van der Waals surface area (Å²) in [6.07, 6.45) is 6.66. The van der Waals surface area contributed by atoms with Crippen molar-refractivity contribution in [2.45, 2.75) is 17.7 Å². The molecule has 1 saturated heterocycles. The monoisotopic (exact) mass is 395 g/mol. The van der Waals surface area contributed by atoms with Crippen LogP contribution in [-0.4, -0.2) is 50.2 Å². The number of nitrogens with one attached hydrogen (secondary N) is 1. The highest BCUT2D eigenvalue weighted by Gasteiger charge is 2.26. The Hall–Kier alpha value is -2.94. The molecule has 1 N–H and O–H groups in total. The SMILES string of the molecule is CSc1cccc(NC(=O)C2CCN(c3ccc(-n4cncn4)nn3)CC2)c1. The van der Waals surface area contributed by atoms with E-state index in [4.69, 9.17) is 0 Å². The van der Waals surface area contributed by atoms with Crippen LogP contribution in [-0.2, 0) is 4.79 Å². The minimum atomic E-state index is 0.0107. The van der Waals surface area contributed by atoms with Gasteiger partial charge in [0.1, 0.15) is 12.7 Å². The Bertz CT molecular complexity index is 922. The predicted octanol–water partition coefficient (Wildman–Crippen LogP) is 2.63. The number of hydrogen-bond acceptors (Lipinski definition) is 7. The number of carbonyl (C=O) groups is 1. The minimum absolute atomic E-state index is 0.0107. The first-order valence-corrected chi connectivity index (χ1v) is 10.3. The number of rotatable bonds is 5. The Morgan fingerprint density at radius 1 is 1.14 bits per heavy atom. The second kappa shape index (κ2) is 8.39. The molecular weight excluding hydrogens is 374 g/mol. The molecule has 3 heterocycles. The highest BCUT2D eigenvalue weighted by Crippen LogP contribution is 2.24. The molecule has 0 bridgehead atoms. The van der Waals surface area contributed by atoms with Gasteiger partial charge in [0.2, 0.25) is 5.91 Å². The maximum atomic E-state index is 12.6. The summed E-state index contributed by atoms with van der Waals surface area (Å²) in [6.45, 7) is 1.56. The molecule has 1 amide bonds. The van der Waals surface area contributed by atoms with E-state index in [9.17, 15) is 4.79 Å². The summed E-state index contributed by atoms with van der Waals surface area (Å²) in [6, 6.07) is 11.7. The van der Waals surface area contributed by atoms with E-state index < -0.39 is 0 Å². The molecule has 144 valence electrons. The Kier molecular flexibility index (Phi) is 5.52. The molecule has 9 heteroatoms. The minimum Gasteiger partial charge on any atom is -0.355 e. The molecule has 28 heavy (non-hydrogen) atoms. The van der Waals surface area contributed by atoms with Gasteiger partial charge >= 0.3 is 0 Å². The van der Waals surface area contributed by atoms with Gasteiger partial charge < -0.3 is 10.2 Å². The summed E-state index contributed by atoms with van der Waals surface area (Å²) in [7, 11) is 0. The van der Waals surface area contributed by atoms with Crippen molar-refractivity contribution in [1.82, 2.24) is 25.0 Å². The number of thioether (sulfide) groups is 1. The summed E-state index contributed by atoms with van der Waals surface area (Å²) in [5.74, 6) is 1.54. The zero-order valence-corrected chi connectivity index (χ0v) is 16.3. The predicted molar refractivity (Wildman–Crippen MR) is 109 cm³/mol. The molecule has 0 aliphatic carbocycles. The number of anilines is 2. The van der Waals surface area contributed by atoms with Crippen LogP contribution in [0.15, 0.2) is 53.9 Å². The molecule has 0 spiro atoms. The molecular formula is C19H21N7OS. The quantitative estimate of drug-likeness (QED) is 0.664. The van der Waals surface area contributed by atoms with Gasteiger partial charge in [-0.2, -0.15) is 5.10 Å². The number of carbonyl (C=O) groups excluding carboxylic acids is 1. The van der Waals surface area contributed by atoms with Gasteiger partial charge in [-0.05, 0) is 49.4 Å². The van der Waals surface area contributed by atoms with Crippen molar-refractivity contribution in [3.8, 4) is 5.82 Å². The Labute approximate surface area is 167 Å². The number of nitrogens with zero attached hydrogens (tertiary/aromatic N) is 6. The van der Waals surface area contributed by atoms with E-state index in [2.05, 4.69) is 30.5 Å². The van der Waals surface area contributed by atoms with Crippen molar-refractivity contribution in [2.75, 3.05) is 29.6 Å². The van der Waals surface area contributed by atoms with Crippen molar-refractivity contribution >= 4 is 29.2 Å². The van der Waals surface area contributed by atoms with Gasteiger partial charge in [-0.15, -0.1) is 22.0 Å². The summed E-state index contributed by atoms with van der Waals surface area (Å²) in [5, 5.41) is 15.6. The zero-order chi connectivity index (χ0) is 19.3. The topological polar surface area (TPSA) is 88.8 Å². The summed E-state index contributed by atoms with van der Waals surface area (Å²) in [5.41, 5.74) is 0.855. The van der Waals surface area contributed by atoms with Crippen molar-refractivity contribution < 1.29 is 4.79 Å². The third-order valence-corrected chi connectivity index (χ3v) is 5.54. The fourth-order valence-electron chi connectivity index (χ4n) is 3.25. The maximum Gasteiger partial charge on any atom is 0.227 e. The van der Waals surface area contributed by atoms with Crippen LogP contribution in [0.2, 0.25) is 0 Å². The normalized spacial score (nSPS) is 14.8. The molecule has 2 aromatic heterocycles. The smallest absolute Gasteiger partial charge is 0.227 e. The van der Waals surface area contributed by atoms with Crippen LogP contribution in [0.5, 0.6) is 0 Å². The van der Waals surface area contributed by atoms with E-state index in [0.717, 1.165) is 42.3 Å². The molecule has 0 radical (unpaired) electrons. The Morgan fingerprint density at radius 3 is 2.61 bits per heavy atom. The van der Waals surface area contributed by atoms with E-state index in [-0.39, 0.29) is 11.8 Å². The second-order valence-electron chi connectivity index (χ2n) is 6.57. The van der Waals surface area contributed by atoms with Crippen LogP contribution in [0, 0.1) is 5.92 Å². The molecule has 0 saturated carbocycles. The summed E-state index contributed by atoms with van der Waals surface area (Å²) >= 11 is 1.66. The third-order valence-electron chi connectivity index (χ3n) is 4.82. The van der Waals surface area contributed by atoms with E-state index in [1.165, 1.54) is 6.33 Å². The molecule has 3 aromatic rings. The largest absolute Gasteiger partial charge is 0.355 e. The molecule has 1 aliphatic heterocycles. The van der Waals surface area contributed by atoms with Gasteiger partial charge in [-0.1, -0.05) is 6.07 Å². The molecule has 8 nitrogen and oxygen atoms in total. The van der Waals surface area contributed by atoms with E-state index in [1.54, 1.807) is 22.8 Å². The van der Waals surface area contributed by atoms with E-state index in [0.29, 0.717) is 5.82 Å². The Morgan fingerprint density at radius 2 is 1.93 bits per heavy atom. The standard InChI is InChI=1S/C19H21N7OS/c1-28-16-4-2-3-15(11-16)22-19(27)14-7-9-25(10-8-14)17-5-6-18(24-23-17)26-13-20-12-21-26/h2-6,11-14H,7-10H2,1H3,(H,22,27). The number of benzene rings is 1. The van der Waals surface area contributed by atoms with E-state index in [1.807, 2.05) is 42.7 Å². The third kappa shape index (κ3) is 4.14. The van der Waals surface area contributed by atoms with E-state index >= 15 is 0 Å². The highest BCUT2D eigenvalue weighted by atomic mass is 32.2. The van der Waals surface area contributed by atoms with Crippen LogP contribution in [0.1, 0.15) is 12.8 Å². The first-order valence-electron chi connectivity index (χ1n) is 9.11. The number of hydrogen-bond donors (Lipinski definition) is 1. The number of aromatic nitrogens is 5. The van der Waals surface area contributed by atoms with Crippen LogP contribution >= 0.6 is 11.8 Å². The molecule has 4 rings (SSSR count). The molecule has 0 atom stereocenters. The highest BCUT2D eigenvalue weighted by molar-refractivity contribution is 7.98. The zero-order valence-electron chi connectivity index (χ0n) is 15.5. The Balaban J connectivity index is 1.33. The lowest BCUT2D eigenvalue weighted by Crippen LogP contribution is -2.38. The number of piperidine rings is 1. The van der Waals surface area contributed by atoms with Crippen molar-refractivity contribution in [3.05, 3.63) is 49.1 Å². The summed E-state index contributed by atoms with van der Waals surface area (Å²) < 4.78 is 1.57. The summed E-state index contributed by atoms with van der Waals surface area (Å²) in [4.78, 5) is 19.8. The van der Waals surface area contributed by atoms with Gasteiger partial charge in [0, 0.05) is 29.6 Å². The molecule has 1 fully saturated rings. The first-order chi connectivity index (χ1) is 13.7. The van der Waals surface area contributed by atoms with Crippen LogP contribution in [0.3, 0.4) is 0 Å². The average Bonchev–Trinajstić information content (AvgIpc) is 3.29. The van der Waals surface area contributed by atoms with Crippen LogP contribution in [0.4, 0.5) is 11.5 Å². The second-order valence-corrected chi connectivity index (χ2v) is 7.45. The lowest BCUT2D eigenvalue weighted by Gasteiger charge is -2.31. The van der Waals surface area contributed by atoms with Gasteiger partial charge in [-0.25, -0.2) is 9.67 Å². The fourth-order valence-corrected chi connectivity index (χ4v) is 3.71. The van der Waals surface area contributed by atoms with Gasteiger partial charge in [0.15, 0.2) is 11.6 Å². The lowest BCUT2D eigenvalue weighted by atomic mass is 9.96. The first kappa shape index (κ1) is 18.4.